The number of rotatable bonds is 4. The van der Waals surface area contributed by atoms with Crippen LogP contribution in [-0.2, 0) is 9.53 Å². The maximum atomic E-state index is 12.3. The fraction of sp³-hybridized carbons (Fsp3) is 0.294. The van der Waals surface area contributed by atoms with E-state index in [0.717, 1.165) is 5.69 Å². The Bertz CT molecular complexity index is 721. The molecule has 2 aromatic rings. The fourth-order valence-corrected chi connectivity index (χ4v) is 2.58. The number of hydrogen-bond donors (Lipinski definition) is 2. The van der Waals surface area contributed by atoms with Crippen LogP contribution < -0.4 is 15.5 Å². The Labute approximate surface area is 139 Å². The number of morpholine rings is 1. The molecule has 3 rings (SSSR count). The van der Waals surface area contributed by atoms with Crippen molar-refractivity contribution < 1.29 is 18.7 Å². The quantitative estimate of drug-likeness (QED) is 0.899. The van der Waals surface area contributed by atoms with Crippen LogP contribution in [0.4, 0.5) is 17.1 Å². The second-order valence-electron chi connectivity index (χ2n) is 5.44. The van der Waals surface area contributed by atoms with Gasteiger partial charge in [0.1, 0.15) is 0 Å². The number of nitrogens with one attached hydrogen (secondary N) is 2. The zero-order valence-electron chi connectivity index (χ0n) is 13.4. The molecule has 126 valence electrons. The van der Waals surface area contributed by atoms with E-state index >= 15 is 0 Å². The van der Waals surface area contributed by atoms with Gasteiger partial charge in [-0.1, -0.05) is 0 Å². The molecule has 1 saturated heterocycles. The van der Waals surface area contributed by atoms with Crippen LogP contribution in [-0.4, -0.2) is 38.1 Å². The van der Waals surface area contributed by atoms with Crippen LogP contribution in [0, 0.1) is 0 Å². The van der Waals surface area contributed by atoms with E-state index < -0.39 is 0 Å². The maximum Gasteiger partial charge on any atom is 0.291 e. The van der Waals surface area contributed by atoms with Gasteiger partial charge in [0, 0.05) is 25.7 Å². The van der Waals surface area contributed by atoms with E-state index in [1.807, 2.05) is 6.07 Å². The van der Waals surface area contributed by atoms with Crippen LogP contribution in [0.1, 0.15) is 17.5 Å². The van der Waals surface area contributed by atoms with Crippen molar-refractivity contribution in [1.29, 1.82) is 0 Å². The molecule has 1 aromatic heterocycles. The summed E-state index contributed by atoms with van der Waals surface area (Å²) >= 11 is 0. The molecule has 1 aliphatic rings. The highest BCUT2D eigenvalue weighted by atomic mass is 16.5. The molecular formula is C17H19N3O4. The summed E-state index contributed by atoms with van der Waals surface area (Å²) in [7, 11) is 0. The largest absolute Gasteiger partial charge is 0.459 e. The number of ether oxygens (including phenoxy) is 1. The molecule has 7 nitrogen and oxygen atoms in total. The summed E-state index contributed by atoms with van der Waals surface area (Å²) in [4.78, 5) is 25.7. The number of carbonyl (C=O) groups excluding carboxylic acids is 2. The predicted octanol–water partition coefficient (Wildman–Crippen LogP) is 2.33. The summed E-state index contributed by atoms with van der Waals surface area (Å²) in [6, 6.07) is 8.65. The number of amides is 2. The Kier molecular flexibility index (Phi) is 4.81. The van der Waals surface area contributed by atoms with Gasteiger partial charge in [-0.25, -0.2) is 0 Å². The van der Waals surface area contributed by atoms with E-state index in [4.69, 9.17) is 9.15 Å². The van der Waals surface area contributed by atoms with Gasteiger partial charge in [-0.2, -0.15) is 0 Å². The molecule has 7 heteroatoms. The maximum absolute atomic E-state index is 12.3. The summed E-state index contributed by atoms with van der Waals surface area (Å²) < 4.78 is 10.5. The topological polar surface area (TPSA) is 83.8 Å². The third-order valence-electron chi connectivity index (χ3n) is 3.66. The molecule has 2 heterocycles. The summed E-state index contributed by atoms with van der Waals surface area (Å²) in [6.07, 6.45) is 1.46. The molecule has 0 atom stereocenters. The van der Waals surface area contributed by atoms with Crippen LogP contribution in [0.3, 0.4) is 0 Å². The summed E-state index contributed by atoms with van der Waals surface area (Å²) in [5, 5.41) is 5.63. The van der Waals surface area contributed by atoms with E-state index in [1.165, 1.54) is 13.2 Å². The summed E-state index contributed by atoms with van der Waals surface area (Å²) in [6.45, 7) is 4.13. The lowest BCUT2D eigenvalue weighted by Crippen LogP contribution is -2.36. The minimum Gasteiger partial charge on any atom is -0.459 e. The molecule has 1 aromatic carbocycles. The summed E-state index contributed by atoms with van der Waals surface area (Å²) in [5.41, 5.74) is 2.18. The van der Waals surface area contributed by atoms with Crippen molar-refractivity contribution in [3.8, 4) is 0 Å². The molecular weight excluding hydrogens is 310 g/mol. The third kappa shape index (κ3) is 3.75. The Morgan fingerprint density at radius 2 is 1.92 bits per heavy atom. The first-order valence-electron chi connectivity index (χ1n) is 7.72. The van der Waals surface area contributed by atoms with Crippen molar-refractivity contribution in [2.24, 2.45) is 0 Å². The van der Waals surface area contributed by atoms with E-state index in [0.29, 0.717) is 37.7 Å². The second kappa shape index (κ2) is 7.18. The fourth-order valence-electron chi connectivity index (χ4n) is 2.58. The highest BCUT2D eigenvalue weighted by molar-refractivity contribution is 6.04. The molecule has 1 aliphatic heterocycles. The third-order valence-corrected chi connectivity index (χ3v) is 3.66. The lowest BCUT2D eigenvalue weighted by molar-refractivity contribution is -0.114. The molecule has 0 unspecified atom stereocenters. The van der Waals surface area contributed by atoms with Gasteiger partial charge in [0.25, 0.3) is 5.91 Å². The molecule has 2 N–H and O–H groups in total. The van der Waals surface area contributed by atoms with E-state index in [2.05, 4.69) is 15.5 Å². The van der Waals surface area contributed by atoms with Crippen molar-refractivity contribution in [1.82, 2.24) is 0 Å². The lowest BCUT2D eigenvalue weighted by Gasteiger charge is -2.31. The first-order valence-corrected chi connectivity index (χ1v) is 7.72. The SMILES string of the molecule is CC(=O)Nc1ccc(NC(=O)c2ccco2)c(N2CCOCC2)c1. The number of furan rings is 1. The van der Waals surface area contributed by atoms with E-state index in [-0.39, 0.29) is 17.6 Å². The Morgan fingerprint density at radius 3 is 2.58 bits per heavy atom. The van der Waals surface area contributed by atoms with E-state index in [9.17, 15) is 9.59 Å². The number of anilines is 3. The van der Waals surface area contributed by atoms with Gasteiger partial charge in [0.15, 0.2) is 5.76 Å². The zero-order chi connectivity index (χ0) is 16.9. The van der Waals surface area contributed by atoms with Crippen LogP contribution in [0.15, 0.2) is 41.0 Å². The molecule has 1 fully saturated rings. The molecule has 0 radical (unpaired) electrons. The van der Waals surface area contributed by atoms with Crippen LogP contribution >= 0.6 is 0 Å². The first-order chi connectivity index (χ1) is 11.6. The summed E-state index contributed by atoms with van der Waals surface area (Å²) in [5.74, 6) is -0.217. The van der Waals surface area contributed by atoms with Crippen LogP contribution in [0.5, 0.6) is 0 Å². The number of nitrogens with zero attached hydrogens (tertiary/aromatic N) is 1. The highest BCUT2D eigenvalue weighted by Gasteiger charge is 2.18. The molecule has 2 amide bonds. The van der Waals surface area contributed by atoms with Crippen molar-refractivity contribution in [2.45, 2.75) is 6.92 Å². The van der Waals surface area contributed by atoms with Crippen molar-refractivity contribution in [2.75, 3.05) is 41.8 Å². The standard InChI is InChI=1S/C17H19N3O4/c1-12(21)18-13-4-5-14(19-17(22)16-3-2-8-24-16)15(11-13)20-6-9-23-10-7-20/h2-5,8,11H,6-7,9-10H2,1H3,(H,18,21)(H,19,22). The van der Waals surface area contributed by atoms with Gasteiger partial charge in [0.2, 0.25) is 5.91 Å². The Hall–Kier alpha value is -2.80. The lowest BCUT2D eigenvalue weighted by atomic mass is 10.2. The van der Waals surface area contributed by atoms with Gasteiger partial charge in [-0.05, 0) is 30.3 Å². The number of carbonyl (C=O) groups is 2. The minimum atomic E-state index is -0.318. The van der Waals surface area contributed by atoms with Crippen LogP contribution in [0.2, 0.25) is 0 Å². The normalized spacial score (nSPS) is 14.3. The average molecular weight is 329 g/mol. The number of hydrogen-bond acceptors (Lipinski definition) is 5. The molecule has 0 aliphatic carbocycles. The zero-order valence-corrected chi connectivity index (χ0v) is 13.4. The highest BCUT2D eigenvalue weighted by Crippen LogP contribution is 2.30. The monoisotopic (exact) mass is 329 g/mol. The van der Waals surface area contributed by atoms with Crippen molar-refractivity contribution >= 4 is 28.9 Å². The van der Waals surface area contributed by atoms with Gasteiger partial charge < -0.3 is 24.7 Å². The predicted molar refractivity (Wildman–Crippen MR) is 90.4 cm³/mol. The van der Waals surface area contributed by atoms with Gasteiger partial charge in [-0.15, -0.1) is 0 Å². The first kappa shape index (κ1) is 16.1. The molecule has 0 bridgehead atoms. The van der Waals surface area contributed by atoms with Crippen molar-refractivity contribution in [3.05, 3.63) is 42.4 Å². The average Bonchev–Trinajstić information content (AvgIpc) is 3.11. The van der Waals surface area contributed by atoms with Gasteiger partial charge >= 0.3 is 0 Å². The second-order valence-corrected chi connectivity index (χ2v) is 5.44. The molecule has 24 heavy (non-hydrogen) atoms. The van der Waals surface area contributed by atoms with E-state index in [1.54, 1.807) is 24.3 Å². The Morgan fingerprint density at radius 1 is 1.12 bits per heavy atom. The minimum absolute atomic E-state index is 0.143. The smallest absolute Gasteiger partial charge is 0.291 e. The van der Waals surface area contributed by atoms with Gasteiger partial charge in [-0.3, -0.25) is 9.59 Å². The number of benzene rings is 1. The Balaban J connectivity index is 1.88. The van der Waals surface area contributed by atoms with Crippen molar-refractivity contribution in [3.63, 3.8) is 0 Å². The van der Waals surface area contributed by atoms with Crippen LogP contribution in [0.25, 0.3) is 0 Å². The molecule has 0 spiro atoms. The molecule has 0 saturated carbocycles. The van der Waals surface area contributed by atoms with Gasteiger partial charge in [0.05, 0.1) is 30.9 Å².